The molecule has 1 aliphatic carbocycles. The Morgan fingerprint density at radius 2 is 1.93 bits per heavy atom. The summed E-state index contributed by atoms with van der Waals surface area (Å²) in [6.07, 6.45) is 11.2. The van der Waals surface area contributed by atoms with Gasteiger partial charge in [0.05, 0.1) is 47.6 Å². The van der Waals surface area contributed by atoms with Crippen molar-refractivity contribution in [1.82, 2.24) is 19.4 Å². The third kappa shape index (κ3) is 3.33. The first-order valence-electron chi connectivity index (χ1n) is 9.52. The third-order valence-corrected chi connectivity index (χ3v) is 5.66. The van der Waals surface area contributed by atoms with Crippen LogP contribution in [0.15, 0.2) is 30.9 Å². The van der Waals surface area contributed by atoms with E-state index in [0.717, 1.165) is 25.7 Å². The summed E-state index contributed by atoms with van der Waals surface area (Å²) in [4.78, 5) is 23.6. The standard InChI is InChI=1S/C20H21N7O2/c21-6-5-16(12-3-1-2-4-12)26-11-14(8-24-26)18-15(20(23)29)9-25-27-10-13(19(22)28)7-17(18)27/h7-12,16H,1-5H2,(H2,22,28)(H2,23,29). The SMILES string of the molecule is N#CCC(C1CCCC1)n1cc(-c2c(C(N)=O)cnn3cc(C(N)=O)cc23)cn1. The van der Waals surface area contributed by atoms with Crippen molar-refractivity contribution in [1.29, 1.82) is 5.26 Å². The van der Waals surface area contributed by atoms with Gasteiger partial charge in [-0.2, -0.15) is 15.5 Å². The van der Waals surface area contributed by atoms with E-state index in [9.17, 15) is 14.9 Å². The molecule has 1 fully saturated rings. The monoisotopic (exact) mass is 391 g/mol. The highest BCUT2D eigenvalue weighted by molar-refractivity contribution is 6.04. The molecule has 1 saturated carbocycles. The van der Waals surface area contributed by atoms with Crippen LogP contribution in [-0.2, 0) is 0 Å². The predicted octanol–water partition coefficient (Wildman–Crippen LogP) is 2.04. The van der Waals surface area contributed by atoms with Gasteiger partial charge in [0.15, 0.2) is 0 Å². The average molecular weight is 391 g/mol. The minimum absolute atomic E-state index is 0.0147. The van der Waals surface area contributed by atoms with Crippen LogP contribution in [0.5, 0.6) is 0 Å². The maximum atomic E-state index is 12.0. The van der Waals surface area contributed by atoms with E-state index in [1.165, 1.54) is 16.9 Å². The second-order valence-corrected chi connectivity index (χ2v) is 7.40. The highest BCUT2D eigenvalue weighted by Crippen LogP contribution is 2.37. The number of aromatic nitrogens is 4. The number of nitrogens with two attached hydrogens (primary N) is 2. The maximum absolute atomic E-state index is 12.0. The Balaban J connectivity index is 1.84. The molecule has 1 aliphatic rings. The van der Waals surface area contributed by atoms with Gasteiger partial charge in [0, 0.05) is 23.5 Å². The van der Waals surface area contributed by atoms with Gasteiger partial charge in [-0.25, -0.2) is 4.52 Å². The fourth-order valence-corrected chi connectivity index (χ4v) is 4.24. The second-order valence-electron chi connectivity index (χ2n) is 7.40. The largest absolute Gasteiger partial charge is 0.366 e. The first-order chi connectivity index (χ1) is 14.0. The summed E-state index contributed by atoms with van der Waals surface area (Å²) in [5.41, 5.74) is 13.2. The number of amides is 2. The topological polar surface area (TPSA) is 145 Å². The zero-order valence-electron chi connectivity index (χ0n) is 15.8. The Morgan fingerprint density at radius 3 is 2.59 bits per heavy atom. The molecule has 1 atom stereocenters. The van der Waals surface area contributed by atoms with Crippen LogP contribution in [0, 0.1) is 17.2 Å². The number of nitrogens with zero attached hydrogens (tertiary/aromatic N) is 5. The van der Waals surface area contributed by atoms with Crippen LogP contribution in [0.25, 0.3) is 16.6 Å². The molecule has 3 heterocycles. The molecular weight excluding hydrogens is 370 g/mol. The van der Waals surface area contributed by atoms with Crippen LogP contribution in [0.3, 0.4) is 0 Å². The molecule has 9 heteroatoms. The Morgan fingerprint density at radius 1 is 1.17 bits per heavy atom. The van der Waals surface area contributed by atoms with E-state index < -0.39 is 11.8 Å². The van der Waals surface area contributed by atoms with Crippen LogP contribution < -0.4 is 11.5 Å². The highest BCUT2D eigenvalue weighted by Gasteiger charge is 2.28. The Labute approximate surface area is 166 Å². The molecule has 3 aromatic rings. The van der Waals surface area contributed by atoms with Crippen molar-refractivity contribution in [3.8, 4) is 17.2 Å². The van der Waals surface area contributed by atoms with Gasteiger partial charge in [0.2, 0.25) is 5.91 Å². The molecule has 0 radical (unpaired) electrons. The van der Waals surface area contributed by atoms with Gasteiger partial charge >= 0.3 is 0 Å². The lowest BCUT2D eigenvalue weighted by Gasteiger charge is -2.21. The maximum Gasteiger partial charge on any atom is 0.251 e. The van der Waals surface area contributed by atoms with E-state index in [-0.39, 0.29) is 17.2 Å². The van der Waals surface area contributed by atoms with Gasteiger partial charge in [-0.1, -0.05) is 12.8 Å². The normalized spacial score (nSPS) is 15.4. The number of hydrogen-bond donors (Lipinski definition) is 2. The molecule has 3 aromatic heterocycles. The summed E-state index contributed by atoms with van der Waals surface area (Å²) in [7, 11) is 0. The summed E-state index contributed by atoms with van der Waals surface area (Å²) < 4.78 is 3.30. The first kappa shape index (κ1) is 18.7. The Hall–Kier alpha value is -3.67. The third-order valence-electron chi connectivity index (χ3n) is 5.66. The van der Waals surface area contributed by atoms with Crippen LogP contribution in [0.4, 0.5) is 0 Å². The number of fused-ring (bicyclic) bond motifs is 1. The molecule has 0 saturated heterocycles. The van der Waals surface area contributed by atoms with E-state index in [0.29, 0.717) is 29.0 Å². The van der Waals surface area contributed by atoms with Crippen molar-refractivity contribution < 1.29 is 9.59 Å². The number of carbonyl (C=O) groups is 2. The quantitative estimate of drug-likeness (QED) is 0.660. The average Bonchev–Trinajstić information content (AvgIpc) is 3.45. The van der Waals surface area contributed by atoms with Gasteiger partial charge < -0.3 is 11.5 Å². The number of nitriles is 1. The molecule has 0 aliphatic heterocycles. The van der Waals surface area contributed by atoms with Crippen molar-refractivity contribution in [3.05, 3.63) is 42.0 Å². The van der Waals surface area contributed by atoms with Gasteiger partial charge in [-0.05, 0) is 24.8 Å². The zero-order chi connectivity index (χ0) is 20.5. The number of rotatable bonds is 6. The van der Waals surface area contributed by atoms with Crippen LogP contribution >= 0.6 is 0 Å². The van der Waals surface area contributed by atoms with Gasteiger partial charge in [0.1, 0.15) is 0 Å². The summed E-state index contributed by atoms with van der Waals surface area (Å²) in [6, 6.07) is 3.83. The van der Waals surface area contributed by atoms with E-state index in [4.69, 9.17) is 11.5 Å². The molecule has 0 bridgehead atoms. The summed E-state index contributed by atoms with van der Waals surface area (Å²) in [6.45, 7) is 0. The Bertz CT molecular complexity index is 1130. The highest BCUT2D eigenvalue weighted by atomic mass is 16.1. The molecule has 0 spiro atoms. The predicted molar refractivity (Wildman–Crippen MR) is 105 cm³/mol. The molecule has 2 amide bonds. The van der Waals surface area contributed by atoms with Crippen LogP contribution in [-0.4, -0.2) is 31.2 Å². The fraction of sp³-hybridized carbons (Fsp3) is 0.350. The molecule has 1 unspecified atom stereocenters. The second kappa shape index (κ2) is 7.39. The van der Waals surface area contributed by atoms with Crippen molar-refractivity contribution in [2.24, 2.45) is 17.4 Å². The van der Waals surface area contributed by atoms with Crippen molar-refractivity contribution in [2.45, 2.75) is 38.1 Å². The van der Waals surface area contributed by atoms with Crippen molar-refractivity contribution in [2.75, 3.05) is 0 Å². The minimum atomic E-state index is -0.631. The minimum Gasteiger partial charge on any atom is -0.366 e. The van der Waals surface area contributed by atoms with Crippen molar-refractivity contribution in [3.63, 3.8) is 0 Å². The van der Waals surface area contributed by atoms with Crippen LogP contribution in [0.1, 0.15) is 58.9 Å². The van der Waals surface area contributed by atoms with Gasteiger partial charge in [0.25, 0.3) is 5.91 Å². The Kier molecular flexibility index (Phi) is 4.76. The fourth-order valence-electron chi connectivity index (χ4n) is 4.24. The summed E-state index contributed by atoms with van der Waals surface area (Å²) in [5, 5.41) is 17.9. The number of primary amides is 2. The number of hydrogen-bond acceptors (Lipinski definition) is 5. The molecular formula is C20H21N7O2. The molecule has 4 rings (SSSR count). The summed E-state index contributed by atoms with van der Waals surface area (Å²) in [5.74, 6) is -0.813. The molecule has 29 heavy (non-hydrogen) atoms. The lowest BCUT2D eigenvalue weighted by atomic mass is 9.96. The molecule has 148 valence electrons. The van der Waals surface area contributed by atoms with Crippen LogP contribution in [0.2, 0.25) is 0 Å². The van der Waals surface area contributed by atoms with E-state index in [2.05, 4.69) is 16.3 Å². The van der Waals surface area contributed by atoms with Gasteiger partial charge in [-0.3, -0.25) is 14.3 Å². The van der Waals surface area contributed by atoms with Gasteiger partial charge in [-0.15, -0.1) is 0 Å². The lowest BCUT2D eigenvalue weighted by Crippen LogP contribution is -2.17. The van der Waals surface area contributed by atoms with E-state index in [1.54, 1.807) is 12.3 Å². The molecule has 4 N–H and O–H groups in total. The summed E-state index contributed by atoms with van der Waals surface area (Å²) >= 11 is 0. The van der Waals surface area contributed by atoms with E-state index in [1.807, 2.05) is 10.9 Å². The molecule has 0 aromatic carbocycles. The van der Waals surface area contributed by atoms with E-state index >= 15 is 0 Å². The number of carbonyl (C=O) groups excluding carboxylic acids is 2. The lowest BCUT2D eigenvalue weighted by molar-refractivity contribution is 0.0992. The first-order valence-corrected chi connectivity index (χ1v) is 9.52. The molecule has 9 nitrogen and oxygen atoms in total. The zero-order valence-corrected chi connectivity index (χ0v) is 15.8. The van der Waals surface area contributed by atoms with Crippen molar-refractivity contribution >= 4 is 17.3 Å². The smallest absolute Gasteiger partial charge is 0.251 e.